The van der Waals surface area contributed by atoms with E-state index in [4.69, 9.17) is 0 Å². The van der Waals surface area contributed by atoms with Gasteiger partial charge in [-0.3, -0.25) is 4.79 Å². The number of hydrogen-bond acceptors (Lipinski definition) is 2. The minimum Gasteiger partial charge on any atom is -0.377 e. The Morgan fingerprint density at radius 2 is 1.43 bits per heavy atom. The zero-order valence-corrected chi connectivity index (χ0v) is 12.1. The van der Waals surface area contributed by atoms with Crippen LogP contribution in [0.1, 0.15) is 15.9 Å². The summed E-state index contributed by atoms with van der Waals surface area (Å²) in [6, 6.07) is 18.1. The molecule has 0 aromatic heterocycles. The van der Waals surface area contributed by atoms with Crippen molar-refractivity contribution in [2.45, 2.75) is 0 Å². The van der Waals surface area contributed by atoms with Crippen LogP contribution in [0.2, 0.25) is 0 Å². The molecule has 4 rings (SSSR count). The van der Waals surface area contributed by atoms with Gasteiger partial charge in [0.05, 0.1) is 0 Å². The number of nitrogens with zero attached hydrogens (tertiary/aromatic N) is 1. The van der Waals surface area contributed by atoms with Gasteiger partial charge in [-0.05, 0) is 17.2 Å². The third kappa shape index (κ3) is 1.56. The first-order valence-corrected chi connectivity index (χ1v) is 7.05. The Morgan fingerprint density at radius 1 is 0.714 bits per heavy atom. The largest absolute Gasteiger partial charge is 0.377 e. The lowest BCUT2D eigenvalue weighted by atomic mass is 9.82. The second-order valence-electron chi connectivity index (χ2n) is 5.63. The molecule has 0 saturated carbocycles. The Hall–Kier alpha value is -2.61. The molecule has 0 atom stereocenters. The lowest BCUT2D eigenvalue weighted by Gasteiger charge is -2.23. The van der Waals surface area contributed by atoms with Gasteiger partial charge in [-0.1, -0.05) is 48.5 Å². The third-order valence-corrected chi connectivity index (χ3v) is 4.21. The van der Waals surface area contributed by atoms with Crippen molar-refractivity contribution in [2.75, 3.05) is 19.0 Å². The van der Waals surface area contributed by atoms with Gasteiger partial charge in [-0.15, -0.1) is 0 Å². The van der Waals surface area contributed by atoms with Crippen molar-refractivity contribution in [1.29, 1.82) is 0 Å². The van der Waals surface area contributed by atoms with Crippen molar-refractivity contribution in [1.82, 2.24) is 0 Å². The molecule has 0 aliphatic heterocycles. The van der Waals surface area contributed by atoms with Crippen LogP contribution >= 0.6 is 0 Å². The van der Waals surface area contributed by atoms with Crippen molar-refractivity contribution in [3.63, 3.8) is 0 Å². The maximum absolute atomic E-state index is 12.8. The second kappa shape index (κ2) is 4.19. The zero-order chi connectivity index (χ0) is 14.6. The van der Waals surface area contributed by atoms with Crippen molar-refractivity contribution < 1.29 is 4.79 Å². The molecule has 0 saturated heterocycles. The number of carbonyl (C=O) groups is 1. The van der Waals surface area contributed by atoms with Crippen LogP contribution < -0.4 is 4.90 Å². The third-order valence-electron chi connectivity index (χ3n) is 4.21. The monoisotopic (exact) mass is 273 g/mol. The van der Waals surface area contributed by atoms with Crippen LogP contribution in [-0.4, -0.2) is 19.9 Å². The van der Waals surface area contributed by atoms with E-state index in [9.17, 15) is 4.79 Å². The highest BCUT2D eigenvalue weighted by Gasteiger charge is 2.25. The van der Waals surface area contributed by atoms with E-state index in [1.807, 2.05) is 50.5 Å². The predicted octanol–water partition coefficient (Wildman–Crippen LogP) is 4.12. The molecule has 2 heteroatoms. The summed E-state index contributed by atoms with van der Waals surface area (Å²) in [5.74, 6) is 0.125. The average Bonchev–Trinajstić information content (AvgIpc) is 2.51. The number of fused-ring (bicyclic) bond motifs is 2. The lowest BCUT2D eigenvalue weighted by molar-refractivity contribution is 0.104. The maximum atomic E-state index is 12.8. The highest BCUT2D eigenvalue weighted by atomic mass is 16.1. The quantitative estimate of drug-likeness (QED) is 0.520. The fourth-order valence-corrected chi connectivity index (χ4v) is 3.26. The molecule has 0 N–H and O–H groups in total. The van der Waals surface area contributed by atoms with Crippen LogP contribution in [0.15, 0.2) is 54.6 Å². The fourth-order valence-electron chi connectivity index (χ4n) is 3.26. The Kier molecular flexibility index (Phi) is 2.43. The van der Waals surface area contributed by atoms with Gasteiger partial charge >= 0.3 is 0 Å². The lowest BCUT2D eigenvalue weighted by Crippen LogP contribution is -2.13. The number of hydrogen-bond donors (Lipinski definition) is 0. The number of carbonyl (C=O) groups excluding carboxylic acids is 1. The fraction of sp³-hybridized carbons (Fsp3) is 0.105. The number of rotatable bonds is 1. The van der Waals surface area contributed by atoms with E-state index in [2.05, 4.69) is 23.1 Å². The Bertz CT molecular complexity index is 893. The molecular formula is C19H15NO. The van der Waals surface area contributed by atoms with Gasteiger partial charge < -0.3 is 4.90 Å². The van der Waals surface area contributed by atoms with Crippen molar-refractivity contribution in [3.8, 4) is 11.1 Å². The summed E-state index contributed by atoms with van der Waals surface area (Å²) >= 11 is 0. The van der Waals surface area contributed by atoms with Crippen molar-refractivity contribution >= 4 is 22.2 Å². The van der Waals surface area contributed by atoms with Crippen LogP contribution in [0, 0.1) is 0 Å². The van der Waals surface area contributed by atoms with Gasteiger partial charge in [-0.25, -0.2) is 0 Å². The molecule has 1 aliphatic carbocycles. The molecule has 0 spiro atoms. The van der Waals surface area contributed by atoms with Crippen LogP contribution in [0.4, 0.5) is 5.69 Å². The molecule has 0 radical (unpaired) electrons. The summed E-state index contributed by atoms with van der Waals surface area (Å²) in [5.41, 5.74) is 4.95. The molecule has 0 fully saturated rings. The Labute approximate surface area is 123 Å². The molecular weight excluding hydrogens is 258 g/mol. The molecule has 3 aromatic carbocycles. The zero-order valence-electron chi connectivity index (χ0n) is 12.1. The summed E-state index contributed by atoms with van der Waals surface area (Å²) in [5, 5.41) is 2.21. The van der Waals surface area contributed by atoms with E-state index in [0.29, 0.717) is 0 Å². The van der Waals surface area contributed by atoms with Gasteiger partial charge in [0.2, 0.25) is 0 Å². The Morgan fingerprint density at radius 3 is 2.19 bits per heavy atom. The van der Waals surface area contributed by atoms with E-state index in [-0.39, 0.29) is 5.78 Å². The van der Waals surface area contributed by atoms with E-state index >= 15 is 0 Å². The Balaban J connectivity index is 2.21. The smallest absolute Gasteiger partial charge is 0.194 e. The summed E-state index contributed by atoms with van der Waals surface area (Å²) in [6.07, 6.45) is 0. The van der Waals surface area contributed by atoms with Gasteiger partial charge in [0.25, 0.3) is 0 Å². The van der Waals surface area contributed by atoms with E-state index in [1.54, 1.807) is 0 Å². The summed E-state index contributed by atoms with van der Waals surface area (Å²) in [4.78, 5) is 14.9. The van der Waals surface area contributed by atoms with Gasteiger partial charge in [0.15, 0.2) is 5.78 Å². The first-order chi connectivity index (χ1) is 10.2. The molecule has 0 bridgehead atoms. The highest BCUT2D eigenvalue weighted by molar-refractivity contribution is 6.27. The SMILES string of the molecule is CN(C)c1ccc2c3c(cccc13)C(=O)c1ccccc1-2. The van der Waals surface area contributed by atoms with Crippen molar-refractivity contribution in [2.24, 2.45) is 0 Å². The number of benzene rings is 3. The first-order valence-electron chi connectivity index (χ1n) is 7.05. The number of anilines is 1. The van der Waals surface area contributed by atoms with E-state index < -0.39 is 0 Å². The van der Waals surface area contributed by atoms with Gasteiger partial charge in [0.1, 0.15) is 0 Å². The van der Waals surface area contributed by atoms with Crippen LogP contribution in [0.25, 0.3) is 21.9 Å². The van der Waals surface area contributed by atoms with Crippen molar-refractivity contribution in [3.05, 3.63) is 65.7 Å². The average molecular weight is 273 g/mol. The standard InChI is InChI=1S/C19H15NO/c1-20(2)17-11-10-13-12-6-3-4-7-14(12)19(21)16-9-5-8-15(17)18(13)16/h3-11H,1-2H3. The predicted molar refractivity (Wildman–Crippen MR) is 87.1 cm³/mol. The molecule has 21 heavy (non-hydrogen) atoms. The summed E-state index contributed by atoms with van der Waals surface area (Å²) < 4.78 is 0. The molecule has 0 amide bonds. The molecule has 0 heterocycles. The van der Waals surface area contributed by atoms with Gasteiger partial charge in [0, 0.05) is 41.7 Å². The molecule has 3 aromatic rings. The van der Waals surface area contributed by atoms with Crippen LogP contribution in [-0.2, 0) is 0 Å². The molecule has 1 aliphatic rings. The molecule has 0 unspecified atom stereocenters. The van der Waals surface area contributed by atoms with Crippen LogP contribution in [0.5, 0.6) is 0 Å². The summed E-state index contributed by atoms with van der Waals surface area (Å²) in [7, 11) is 4.06. The first kappa shape index (κ1) is 12.2. The normalized spacial score (nSPS) is 12.4. The van der Waals surface area contributed by atoms with E-state index in [0.717, 1.165) is 38.7 Å². The number of ketones is 1. The highest BCUT2D eigenvalue weighted by Crippen LogP contribution is 2.42. The second-order valence-corrected chi connectivity index (χ2v) is 5.63. The van der Waals surface area contributed by atoms with Gasteiger partial charge in [-0.2, -0.15) is 0 Å². The maximum Gasteiger partial charge on any atom is 0.194 e. The topological polar surface area (TPSA) is 20.3 Å². The molecule has 102 valence electrons. The van der Waals surface area contributed by atoms with Crippen LogP contribution in [0.3, 0.4) is 0 Å². The summed E-state index contributed by atoms with van der Waals surface area (Å²) in [6.45, 7) is 0. The minimum atomic E-state index is 0.125. The minimum absolute atomic E-state index is 0.125. The van der Waals surface area contributed by atoms with E-state index in [1.165, 1.54) is 0 Å². The molecule has 2 nitrogen and oxygen atoms in total.